The first kappa shape index (κ1) is 15.7. The summed E-state index contributed by atoms with van der Waals surface area (Å²) >= 11 is 0. The third-order valence-corrected chi connectivity index (χ3v) is 3.41. The van der Waals surface area contributed by atoms with Gasteiger partial charge < -0.3 is 10.0 Å². The van der Waals surface area contributed by atoms with Gasteiger partial charge >= 0.3 is 0 Å². The van der Waals surface area contributed by atoms with E-state index in [9.17, 15) is 9.90 Å². The Labute approximate surface area is 116 Å². The molecule has 0 aliphatic rings. The number of aliphatic hydroxyl groups excluding tert-OH is 1. The molecular weight excluding hydrogens is 238 g/mol. The second-order valence-electron chi connectivity index (χ2n) is 5.15. The number of amides is 1. The van der Waals surface area contributed by atoms with Crippen LogP contribution in [0.4, 0.5) is 0 Å². The van der Waals surface area contributed by atoms with E-state index in [1.54, 1.807) is 6.92 Å². The summed E-state index contributed by atoms with van der Waals surface area (Å²) in [6.45, 7) is 6.53. The third-order valence-electron chi connectivity index (χ3n) is 3.41. The van der Waals surface area contributed by atoms with Crippen LogP contribution in [0.1, 0.15) is 45.6 Å². The van der Waals surface area contributed by atoms with Gasteiger partial charge in [-0.1, -0.05) is 37.3 Å². The monoisotopic (exact) mass is 263 g/mol. The quantitative estimate of drug-likeness (QED) is 0.821. The van der Waals surface area contributed by atoms with Crippen molar-refractivity contribution in [3.63, 3.8) is 0 Å². The van der Waals surface area contributed by atoms with Gasteiger partial charge in [0.15, 0.2) is 0 Å². The van der Waals surface area contributed by atoms with Crippen LogP contribution in [0.5, 0.6) is 0 Å². The van der Waals surface area contributed by atoms with E-state index < -0.39 is 6.10 Å². The molecule has 0 heterocycles. The van der Waals surface area contributed by atoms with Crippen molar-refractivity contribution < 1.29 is 9.90 Å². The molecule has 0 spiro atoms. The molecular formula is C16H25NO2. The highest BCUT2D eigenvalue weighted by atomic mass is 16.3. The molecule has 0 aliphatic carbocycles. The molecule has 0 bridgehead atoms. The SMILES string of the molecule is CCC(C)N(Cc1ccccc1)C(=O)CCC(C)O. The van der Waals surface area contributed by atoms with Crippen LogP contribution in [0.15, 0.2) is 30.3 Å². The lowest BCUT2D eigenvalue weighted by Gasteiger charge is -2.29. The molecule has 2 atom stereocenters. The third kappa shape index (κ3) is 5.43. The molecule has 0 saturated heterocycles. The highest BCUT2D eigenvalue weighted by Crippen LogP contribution is 2.13. The number of rotatable bonds is 7. The zero-order valence-electron chi connectivity index (χ0n) is 12.2. The number of nitrogens with zero attached hydrogens (tertiary/aromatic N) is 1. The van der Waals surface area contributed by atoms with E-state index in [2.05, 4.69) is 13.8 Å². The molecule has 0 saturated carbocycles. The second-order valence-corrected chi connectivity index (χ2v) is 5.15. The number of aliphatic hydroxyl groups is 1. The van der Waals surface area contributed by atoms with Crippen molar-refractivity contribution in [2.75, 3.05) is 0 Å². The van der Waals surface area contributed by atoms with Gasteiger partial charge in [0.1, 0.15) is 0 Å². The van der Waals surface area contributed by atoms with E-state index in [0.717, 1.165) is 12.0 Å². The van der Waals surface area contributed by atoms with Gasteiger partial charge in [-0.05, 0) is 32.3 Å². The van der Waals surface area contributed by atoms with Crippen LogP contribution in [-0.4, -0.2) is 28.1 Å². The molecule has 1 amide bonds. The van der Waals surface area contributed by atoms with Gasteiger partial charge in [0.25, 0.3) is 0 Å². The minimum Gasteiger partial charge on any atom is -0.393 e. The summed E-state index contributed by atoms with van der Waals surface area (Å²) in [4.78, 5) is 14.2. The average molecular weight is 263 g/mol. The Hall–Kier alpha value is -1.35. The van der Waals surface area contributed by atoms with Crippen molar-refractivity contribution in [2.24, 2.45) is 0 Å². The van der Waals surface area contributed by atoms with Gasteiger partial charge in [-0.2, -0.15) is 0 Å². The van der Waals surface area contributed by atoms with E-state index in [1.165, 1.54) is 0 Å². The van der Waals surface area contributed by atoms with Crippen LogP contribution in [0.25, 0.3) is 0 Å². The standard InChI is InChI=1S/C16H25NO2/c1-4-13(2)17(16(19)11-10-14(3)18)12-15-8-6-5-7-9-15/h5-9,13-14,18H,4,10-12H2,1-3H3. The molecule has 0 aliphatic heterocycles. The predicted octanol–water partition coefficient (Wildman–Crippen LogP) is 2.97. The summed E-state index contributed by atoms with van der Waals surface area (Å²) < 4.78 is 0. The summed E-state index contributed by atoms with van der Waals surface area (Å²) in [5.41, 5.74) is 1.15. The fourth-order valence-electron chi connectivity index (χ4n) is 1.97. The van der Waals surface area contributed by atoms with Crippen LogP contribution in [0, 0.1) is 0 Å². The normalized spacial score (nSPS) is 13.9. The molecule has 1 aromatic rings. The Balaban J connectivity index is 2.69. The molecule has 1 rings (SSSR count). The predicted molar refractivity (Wildman–Crippen MR) is 77.7 cm³/mol. The summed E-state index contributed by atoms with van der Waals surface area (Å²) in [5.74, 6) is 0.124. The molecule has 1 N–H and O–H groups in total. The van der Waals surface area contributed by atoms with Crippen LogP contribution < -0.4 is 0 Å². The van der Waals surface area contributed by atoms with Gasteiger partial charge in [-0.3, -0.25) is 4.79 Å². The van der Waals surface area contributed by atoms with Crippen molar-refractivity contribution in [3.05, 3.63) is 35.9 Å². The zero-order chi connectivity index (χ0) is 14.3. The maximum absolute atomic E-state index is 12.3. The minimum atomic E-state index is -0.417. The summed E-state index contributed by atoms with van der Waals surface area (Å²) in [6.07, 6.45) is 1.46. The smallest absolute Gasteiger partial charge is 0.223 e. The van der Waals surface area contributed by atoms with Crippen molar-refractivity contribution in [1.82, 2.24) is 4.90 Å². The maximum Gasteiger partial charge on any atom is 0.223 e. The van der Waals surface area contributed by atoms with Gasteiger partial charge in [0.2, 0.25) is 5.91 Å². The van der Waals surface area contributed by atoms with E-state index in [1.807, 2.05) is 35.2 Å². The van der Waals surface area contributed by atoms with Crippen LogP contribution in [0.2, 0.25) is 0 Å². The highest BCUT2D eigenvalue weighted by Gasteiger charge is 2.19. The first-order valence-corrected chi connectivity index (χ1v) is 7.06. The number of hydrogen-bond donors (Lipinski definition) is 1. The lowest BCUT2D eigenvalue weighted by Crippen LogP contribution is -2.38. The average Bonchev–Trinajstić information content (AvgIpc) is 2.42. The fourth-order valence-corrected chi connectivity index (χ4v) is 1.97. The lowest BCUT2D eigenvalue weighted by atomic mass is 10.1. The van der Waals surface area contributed by atoms with E-state index in [-0.39, 0.29) is 11.9 Å². The molecule has 2 unspecified atom stereocenters. The summed E-state index contributed by atoms with van der Waals surface area (Å²) in [5, 5.41) is 9.30. The van der Waals surface area contributed by atoms with Gasteiger partial charge in [0.05, 0.1) is 6.10 Å². The minimum absolute atomic E-state index is 0.124. The maximum atomic E-state index is 12.3. The van der Waals surface area contributed by atoms with Gasteiger partial charge in [0, 0.05) is 19.0 Å². The molecule has 3 heteroatoms. The van der Waals surface area contributed by atoms with Gasteiger partial charge in [-0.25, -0.2) is 0 Å². The van der Waals surface area contributed by atoms with Crippen molar-refractivity contribution in [3.8, 4) is 0 Å². The first-order chi connectivity index (χ1) is 9.04. The Kier molecular flexibility index (Phi) is 6.57. The number of carbonyl (C=O) groups excluding carboxylic acids is 1. The topological polar surface area (TPSA) is 40.5 Å². The van der Waals surface area contributed by atoms with Crippen molar-refractivity contribution >= 4 is 5.91 Å². The van der Waals surface area contributed by atoms with Crippen LogP contribution in [0.3, 0.4) is 0 Å². The van der Waals surface area contributed by atoms with Crippen molar-refractivity contribution in [1.29, 1.82) is 0 Å². The summed E-state index contributed by atoms with van der Waals surface area (Å²) in [6, 6.07) is 10.3. The molecule has 0 fully saturated rings. The lowest BCUT2D eigenvalue weighted by molar-refractivity contribution is -0.134. The van der Waals surface area contributed by atoms with E-state index in [4.69, 9.17) is 0 Å². The van der Waals surface area contributed by atoms with Crippen LogP contribution in [-0.2, 0) is 11.3 Å². The number of benzene rings is 1. The molecule has 1 aromatic carbocycles. The summed E-state index contributed by atoms with van der Waals surface area (Å²) in [7, 11) is 0. The first-order valence-electron chi connectivity index (χ1n) is 7.06. The highest BCUT2D eigenvalue weighted by molar-refractivity contribution is 5.76. The molecule has 3 nitrogen and oxygen atoms in total. The molecule has 106 valence electrons. The second kappa shape index (κ2) is 7.95. The van der Waals surface area contributed by atoms with Gasteiger partial charge in [-0.15, -0.1) is 0 Å². The number of carbonyl (C=O) groups is 1. The Morgan fingerprint density at radius 2 is 1.89 bits per heavy atom. The Morgan fingerprint density at radius 1 is 1.26 bits per heavy atom. The van der Waals surface area contributed by atoms with Crippen LogP contribution >= 0.6 is 0 Å². The molecule has 0 aromatic heterocycles. The molecule has 0 radical (unpaired) electrons. The van der Waals surface area contributed by atoms with E-state index in [0.29, 0.717) is 19.4 Å². The van der Waals surface area contributed by atoms with E-state index >= 15 is 0 Å². The largest absolute Gasteiger partial charge is 0.393 e. The Bertz CT molecular complexity index is 376. The molecule has 19 heavy (non-hydrogen) atoms. The number of hydrogen-bond acceptors (Lipinski definition) is 2. The van der Waals surface area contributed by atoms with Crippen molar-refractivity contribution in [2.45, 2.75) is 58.7 Å². The Morgan fingerprint density at radius 3 is 2.42 bits per heavy atom. The fraction of sp³-hybridized carbons (Fsp3) is 0.562. The zero-order valence-corrected chi connectivity index (χ0v) is 12.2.